The number of para-hydroxylation sites is 4. The molecule has 0 amide bonds. The van der Waals surface area contributed by atoms with Crippen LogP contribution in [-0.2, 0) is 0 Å². The summed E-state index contributed by atoms with van der Waals surface area (Å²) in [5, 5.41) is 6.75. The van der Waals surface area contributed by atoms with Crippen molar-refractivity contribution >= 4 is 65.6 Å². The predicted molar refractivity (Wildman–Crippen MR) is 232 cm³/mol. The fourth-order valence-corrected chi connectivity index (χ4v) is 8.71. The minimum absolute atomic E-state index is 0.607. The van der Waals surface area contributed by atoms with Gasteiger partial charge in [-0.15, -0.1) is 0 Å². The first-order valence-corrected chi connectivity index (χ1v) is 19.1. The average molecular weight is 730 g/mol. The van der Waals surface area contributed by atoms with Gasteiger partial charge < -0.3 is 13.6 Å². The second-order valence-corrected chi connectivity index (χ2v) is 14.4. The maximum absolute atomic E-state index is 6.97. The number of fused-ring (bicyclic) bond motifs is 12. The van der Waals surface area contributed by atoms with Crippen LogP contribution in [0.15, 0.2) is 192 Å². The van der Waals surface area contributed by atoms with Crippen LogP contribution >= 0.6 is 0 Å². The van der Waals surface area contributed by atoms with Crippen molar-refractivity contribution < 1.29 is 4.42 Å². The Hall–Kier alpha value is -7.83. The topological polar surface area (TPSA) is 61.7 Å². The summed E-state index contributed by atoms with van der Waals surface area (Å²) in [6.45, 7) is 0. The van der Waals surface area contributed by atoms with E-state index in [0.29, 0.717) is 17.5 Å². The third-order valence-electron chi connectivity index (χ3n) is 11.1. The van der Waals surface area contributed by atoms with Gasteiger partial charge in [0.2, 0.25) is 0 Å². The summed E-state index contributed by atoms with van der Waals surface area (Å²) in [6.07, 6.45) is 0. The zero-order chi connectivity index (χ0) is 37.5. The van der Waals surface area contributed by atoms with Gasteiger partial charge in [0.15, 0.2) is 17.5 Å². The highest BCUT2D eigenvalue weighted by atomic mass is 16.3. The largest absolute Gasteiger partial charge is 0.455 e. The Labute approximate surface area is 326 Å². The highest BCUT2D eigenvalue weighted by Crippen LogP contribution is 2.49. The summed E-state index contributed by atoms with van der Waals surface area (Å²) in [5.41, 5.74) is 11.0. The number of hydrogen-bond acceptors (Lipinski definition) is 4. The molecule has 0 bridgehead atoms. The minimum Gasteiger partial charge on any atom is -0.455 e. The number of aromatic nitrogens is 5. The molecular weight excluding hydrogens is 699 g/mol. The van der Waals surface area contributed by atoms with Crippen LogP contribution in [0.3, 0.4) is 0 Å². The molecule has 8 aromatic carbocycles. The smallest absolute Gasteiger partial charge is 0.164 e. The Morgan fingerprint density at radius 2 is 0.789 bits per heavy atom. The molecule has 0 N–H and O–H groups in total. The zero-order valence-corrected chi connectivity index (χ0v) is 30.5. The maximum Gasteiger partial charge on any atom is 0.164 e. The average Bonchev–Trinajstić information content (AvgIpc) is 3.95. The molecule has 4 aromatic heterocycles. The van der Waals surface area contributed by atoms with E-state index >= 15 is 0 Å². The molecule has 4 heterocycles. The molecule has 0 spiro atoms. The van der Waals surface area contributed by atoms with Crippen LogP contribution in [0.2, 0.25) is 0 Å². The van der Waals surface area contributed by atoms with Gasteiger partial charge in [-0.2, -0.15) is 0 Å². The van der Waals surface area contributed by atoms with Crippen LogP contribution in [0, 0.1) is 0 Å². The van der Waals surface area contributed by atoms with Gasteiger partial charge in [-0.3, -0.25) is 0 Å². The Balaban J connectivity index is 1.21. The van der Waals surface area contributed by atoms with Crippen LogP contribution in [-0.4, -0.2) is 24.1 Å². The molecule has 0 saturated carbocycles. The third kappa shape index (κ3) is 4.74. The molecule has 12 rings (SSSR count). The first-order valence-electron chi connectivity index (χ1n) is 19.1. The lowest BCUT2D eigenvalue weighted by Gasteiger charge is -2.13. The number of nitrogens with zero attached hydrogens (tertiary/aromatic N) is 5. The zero-order valence-electron chi connectivity index (χ0n) is 30.5. The first kappa shape index (κ1) is 31.5. The van der Waals surface area contributed by atoms with E-state index in [1.807, 2.05) is 66.7 Å². The summed E-state index contributed by atoms with van der Waals surface area (Å²) in [7, 11) is 0. The monoisotopic (exact) mass is 729 g/mol. The maximum atomic E-state index is 6.97. The quantitative estimate of drug-likeness (QED) is 0.177. The van der Waals surface area contributed by atoms with E-state index in [-0.39, 0.29) is 0 Å². The molecular formula is C51H31N5O. The minimum atomic E-state index is 0.607. The third-order valence-corrected chi connectivity index (χ3v) is 11.1. The van der Waals surface area contributed by atoms with Gasteiger partial charge in [0, 0.05) is 49.6 Å². The molecule has 0 fully saturated rings. The molecule has 0 saturated heterocycles. The Kier molecular flexibility index (Phi) is 6.83. The van der Waals surface area contributed by atoms with E-state index in [2.05, 4.69) is 130 Å². The van der Waals surface area contributed by atoms with Crippen LogP contribution in [0.5, 0.6) is 0 Å². The number of furan rings is 1. The Bertz CT molecular complexity index is 3450. The molecule has 0 unspecified atom stereocenters. The van der Waals surface area contributed by atoms with Gasteiger partial charge >= 0.3 is 0 Å². The summed E-state index contributed by atoms with van der Waals surface area (Å²) in [6, 6.07) is 65.3. The second-order valence-electron chi connectivity index (χ2n) is 14.4. The fraction of sp³-hybridized carbons (Fsp3) is 0. The van der Waals surface area contributed by atoms with Gasteiger partial charge in [-0.25, -0.2) is 15.0 Å². The molecule has 0 aliphatic heterocycles. The lowest BCUT2D eigenvalue weighted by Crippen LogP contribution is -2.01. The molecule has 266 valence electrons. The fourth-order valence-electron chi connectivity index (χ4n) is 8.71. The van der Waals surface area contributed by atoms with E-state index in [4.69, 9.17) is 19.4 Å². The Morgan fingerprint density at radius 3 is 1.42 bits per heavy atom. The lowest BCUT2D eigenvalue weighted by atomic mass is 10.0. The normalized spacial score (nSPS) is 11.9. The summed E-state index contributed by atoms with van der Waals surface area (Å²) in [4.78, 5) is 15.1. The van der Waals surface area contributed by atoms with Gasteiger partial charge in [0.05, 0.1) is 32.8 Å². The van der Waals surface area contributed by atoms with Crippen molar-refractivity contribution in [1.82, 2.24) is 24.1 Å². The molecule has 6 nitrogen and oxygen atoms in total. The molecule has 0 radical (unpaired) electrons. The van der Waals surface area contributed by atoms with Crippen molar-refractivity contribution in [2.45, 2.75) is 0 Å². The highest BCUT2D eigenvalue weighted by molar-refractivity contribution is 6.39. The van der Waals surface area contributed by atoms with Crippen molar-refractivity contribution in [2.24, 2.45) is 0 Å². The number of benzene rings is 8. The standard InChI is InChI=1S/C51H31N5O/c1-4-17-32(18-5-1)49-52-50(33-19-6-2-7-20-33)54-51(53-49)34-21-16-24-36(31-34)56-41-29-14-11-26-38(41)44-46(56)43-37-25-10-13-28-40(37)55(35-22-8-3-9-23-35)47(43)45-39-27-12-15-30-42(39)57-48(44)45/h1-31H. The summed E-state index contributed by atoms with van der Waals surface area (Å²) >= 11 is 0. The van der Waals surface area contributed by atoms with Crippen LogP contribution < -0.4 is 0 Å². The molecule has 0 aliphatic rings. The van der Waals surface area contributed by atoms with Crippen molar-refractivity contribution in [3.05, 3.63) is 188 Å². The molecule has 57 heavy (non-hydrogen) atoms. The first-order chi connectivity index (χ1) is 28.3. The highest BCUT2D eigenvalue weighted by Gasteiger charge is 2.27. The van der Waals surface area contributed by atoms with Crippen molar-refractivity contribution in [1.29, 1.82) is 0 Å². The predicted octanol–water partition coefficient (Wildman–Crippen LogP) is 13.0. The van der Waals surface area contributed by atoms with E-state index in [0.717, 1.165) is 82.8 Å². The summed E-state index contributed by atoms with van der Waals surface area (Å²) < 4.78 is 11.8. The summed E-state index contributed by atoms with van der Waals surface area (Å²) in [5.74, 6) is 1.87. The van der Waals surface area contributed by atoms with Crippen LogP contribution in [0.1, 0.15) is 0 Å². The van der Waals surface area contributed by atoms with Crippen LogP contribution in [0.4, 0.5) is 0 Å². The van der Waals surface area contributed by atoms with E-state index in [9.17, 15) is 0 Å². The van der Waals surface area contributed by atoms with E-state index in [1.165, 1.54) is 10.8 Å². The van der Waals surface area contributed by atoms with E-state index in [1.54, 1.807) is 0 Å². The van der Waals surface area contributed by atoms with Gasteiger partial charge in [0.1, 0.15) is 11.2 Å². The van der Waals surface area contributed by atoms with Crippen molar-refractivity contribution in [2.75, 3.05) is 0 Å². The molecule has 0 aliphatic carbocycles. The van der Waals surface area contributed by atoms with Gasteiger partial charge in [-0.1, -0.05) is 146 Å². The van der Waals surface area contributed by atoms with Gasteiger partial charge in [-0.05, 0) is 42.5 Å². The van der Waals surface area contributed by atoms with E-state index < -0.39 is 0 Å². The van der Waals surface area contributed by atoms with Crippen molar-refractivity contribution in [3.8, 4) is 45.5 Å². The molecule has 0 atom stereocenters. The lowest BCUT2D eigenvalue weighted by molar-refractivity contribution is 0.673. The number of hydrogen-bond donors (Lipinski definition) is 0. The van der Waals surface area contributed by atoms with Crippen molar-refractivity contribution in [3.63, 3.8) is 0 Å². The van der Waals surface area contributed by atoms with Gasteiger partial charge in [0.25, 0.3) is 0 Å². The molecule has 6 heteroatoms. The van der Waals surface area contributed by atoms with Crippen LogP contribution in [0.25, 0.3) is 111 Å². The molecule has 12 aromatic rings. The number of rotatable bonds is 5. The SMILES string of the molecule is c1ccc(-c2nc(-c3ccccc3)nc(-c3cccc(-n4c5ccccc5c5c6oc7ccccc7c6c6c(c7ccccc7n6-c6ccccc6)c54)c3)n2)cc1. The second kappa shape index (κ2) is 12.3. The Morgan fingerprint density at radius 1 is 0.351 bits per heavy atom.